The largest absolute Gasteiger partial charge is 0.506 e. The van der Waals surface area contributed by atoms with E-state index in [-0.39, 0.29) is 0 Å². The average molecular weight is 226 g/mol. The van der Waals surface area contributed by atoms with E-state index < -0.39 is 28.2 Å². The zero-order chi connectivity index (χ0) is 10.9. The van der Waals surface area contributed by atoms with Crippen LogP contribution in [0.3, 0.4) is 0 Å². The van der Waals surface area contributed by atoms with E-state index >= 15 is 0 Å². The second-order valence-corrected chi connectivity index (χ2v) is 2.79. The predicted molar refractivity (Wildman–Crippen MR) is 43.6 cm³/mol. The quantitative estimate of drug-likeness (QED) is 0.744. The number of rotatable bonds is 1. The molecule has 0 atom stereocenters. The van der Waals surface area contributed by atoms with E-state index in [4.69, 9.17) is 16.7 Å². The van der Waals surface area contributed by atoms with Crippen LogP contribution < -0.4 is 0 Å². The van der Waals surface area contributed by atoms with Gasteiger partial charge < -0.3 is 5.11 Å². The minimum atomic E-state index is -4.82. The molecule has 14 heavy (non-hydrogen) atoms. The first kappa shape index (κ1) is 10.8. The van der Waals surface area contributed by atoms with E-state index in [0.717, 1.165) is 12.1 Å². The van der Waals surface area contributed by atoms with Crippen LogP contribution in [0.5, 0.6) is 5.75 Å². The van der Waals surface area contributed by atoms with Crippen molar-refractivity contribution in [2.75, 3.05) is 0 Å². The summed E-state index contributed by atoms with van der Waals surface area (Å²) in [5.41, 5.74) is -2.51. The van der Waals surface area contributed by atoms with Crippen molar-refractivity contribution in [2.45, 2.75) is 6.18 Å². The van der Waals surface area contributed by atoms with Crippen LogP contribution in [0.15, 0.2) is 17.3 Å². The minimum Gasteiger partial charge on any atom is -0.506 e. The third kappa shape index (κ3) is 1.79. The summed E-state index contributed by atoms with van der Waals surface area (Å²) in [5.74, 6) is -0.850. The molecule has 1 aromatic carbocycles. The van der Waals surface area contributed by atoms with Gasteiger partial charge in [0.1, 0.15) is 11.3 Å². The summed E-state index contributed by atoms with van der Waals surface area (Å²) in [4.78, 5) is 10.1. The van der Waals surface area contributed by atoms with Gasteiger partial charge in [-0.1, -0.05) is 11.6 Å². The fourth-order valence-corrected chi connectivity index (χ4v) is 1.18. The fraction of sp³-hybridized carbons (Fsp3) is 0.143. The van der Waals surface area contributed by atoms with Crippen LogP contribution in [0.2, 0.25) is 5.02 Å². The lowest BCUT2D eigenvalue weighted by atomic mass is 10.1. The first-order chi connectivity index (χ1) is 6.38. The molecule has 3 nitrogen and oxygen atoms in total. The summed E-state index contributed by atoms with van der Waals surface area (Å²) in [7, 11) is 0. The van der Waals surface area contributed by atoms with Gasteiger partial charge in [-0.25, -0.2) is 0 Å². The molecule has 0 spiro atoms. The SMILES string of the molecule is O=Nc1c(O)ccc(Cl)c1C(F)(F)F. The Morgan fingerprint density at radius 1 is 1.36 bits per heavy atom. The Balaban J connectivity index is 3.53. The standard InChI is InChI=1S/C7H3ClF3NO2/c8-3-1-2-4(13)6(12-14)5(3)7(9,10)11/h1-2,13H. The lowest BCUT2D eigenvalue weighted by Crippen LogP contribution is -2.06. The number of hydrogen-bond donors (Lipinski definition) is 1. The summed E-state index contributed by atoms with van der Waals surface area (Å²) in [6.07, 6.45) is -4.82. The normalized spacial score (nSPS) is 11.4. The molecule has 0 aliphatic rings. The van der Waals surface area contributed by atoms with Crippen LogP contribution >= 0.6 is 11.6 Å². The summed E-state index contributed by atoms with van der Waals surface area (Å²) >= 11 is 5.23. The molecule has 0 unspecified atom stereocenters. The zero-order valence-electron chi connectivity index (χ0n) is 6.47. The van der Waals surface area contributed by atoms with Gasteiger partial charge in [-0.2, -0.15) is 13.2 Å². The first-order valence-electron chi connectivity index (χ1n) is 3.30. The third-order valence-corrected chi connectivity index (χ3v) is 1.80. The molecule has 7 heteroatoms. The highest BCUT2D eigenvalue weighted by molar-refractivity contribution is 6.31. The Hall–Kier alpha value is -1.30. The molecular weight excluding hydrogens is 223 g/mol. The summed E-state index contributed by atoms with van der Waals surface area (Å²) in [6, 6.07) is 1.71. The predicted octanol–water partition coefficient (Wildman–Crippen LogP) is 3.46. The number of alkyl halides is 3. The zero-order valence-corrected chi connectivity index (χ0v) is 7.23. The first-order valence-corrected chi connectivity index (χ1v) is 3.67. The maximum absolute atomic E-state index is 12.3. The Kier molecular flexibility index (Phi) is 2.66. The maximum Gasteiger partial charge on any atom is 0.420 e. The van der Waals surface area contributed by atoms with Crippen LogP contribution in [0, 0.1) is 4.91 Å². The van der Waals surface area contributed by atoms with E-state index in [1.54, 1.807) is 0 Å². The van der Waals surface area contributed by atoms with Gasteiger partial charge in [-0.05, 0) is 17.3 Å². The molecule has 1 aromatic rings. The van der Waals surface area contributed by atoms with Crippen LogP contribution in [0.25, 0.3) is 0 Å². The molecule has 1 N–H and O–H groups in total. The third-order valence-electron chi connectivity index (χ3n) is 1.48. The van der Waals surface area contributed by atoms with Crippen molar-refractivity contribution in [2.24, 2.45) is 5.18 Å². The smallest absolute Gasteiger partial charge is 0.420 e. The van der Waals surface area contributed by atoms with Crippen molar-refractivity contribution in [3.8, 4) is 5.75 Å². The van der Waals surface area contributed by atoms with E-state index in [2.05, 4.69) is 5.18 Å². The van der Waals surface area contributed by atoms with Gasteiger partial charge in [-0.3, -0.25) is 0 Å². The Labute approximate surface area is 81.1 Å². The summed E-state index contributed by atoms with van der Waals surface area (Å²) < 4.78 is 36.8. The lowest BCUT2D eigenvalue weighted by Gasteiger charge is -2.10. The average Bonchev–Trinajstić information content (AvgIpc) is 2.06. The number of hydrogen-bond acceptors (Lipinski definition) is 3. The molecule has 0 amide bonds. The number of halogens is 4. The number of nitrogens with zero attached hydrogens (tertiary/aromatic N) is 1. The van der Waals surface area contributed by atoms with Crippen LogP contribution in [-0.2, 0) is 6.18 Å². The fourth-order valence-electron chi connectivity index (χ4n) is 0.918. The molecule has 0 bridgehead atoms. The number of phenols is 1. The molecule has 0 radical (unpaired) electrons. The number of nitroso groups, excluding NO2 is 1. The molecule has 0 saturated heterocycles. The van der Waals surface area contributed by atoms with Crippen LogP contribution in [-0.4, -0.2) is 5.11 Å². The van der Waals surface area contributed by atoms with Gasteiger partial charge in [-0.15, -0.1) is 4.91 Å². The van der Waals surface area contributed by atoms with E-state index in [0.29, 0.717) is 0 Å². The molecular formula is C7H3ClF3NO2. The topological polar surface area (TPSA) is 49.7 Å². The summed E-state index contributed by atoms with van der Waals surface area (Å²) in [6.45, 7) is 0. The van der Waals surface area contributed by atoms with Crippen molar-refractivity contribution >= 4 is 17.3 Å². The maximum atomic E-state index is 12.3. The summed E-state index contributed by atoms with van der Waals surface area (Å²) in [5, 5.41) is 10.3. The van der Waals surface area contributed by atoms with Crippen molar-refractivity contribution in [3.05, 3.63) is 27.6 Å². The number of aromatic hydroxyl groups is 1. The molecule has 0 aliphatic carbocycles. The van der Waals surface area contributed by atoms with Gasteiger partial charge in [0.15, 0.2) is 5.69 Å². The Bertz CT molecular complexity index is 378. The highest BCUT2D eigenvalue weighted by Crippen LogP contribution is 2.45. The molecule has 0 aromatic heterocycles. The minimum absolute atomic E-state index is 0.676. The molecule has 0 saturated carbocycles. The highest BCUT2D eigenvalue weighted by Gasteiger charge is 2.38. The monoisotopic (exact) mass is 225 g/mol. The van der Waals surface area contributed by atoms with Crippen molar-refractivity contribution in [1.82, 2.24) is 0 Å². The van der Waals surface area contributed by atoms with Gasteiger partial charge in [0.05, 0.1) is 5.02 Å². The van der Waals surface area contributed by atoms with Crippen molar-refractivity contribution < 1.29 is 18.3 Å². The number of benzene rings is 1. The van der Waals surface area contributed by atoms with Gasteiger partial charge in [0, 0.05) is 0 Å². The second kappa shape index (κ2) is 3.45. The molecule has 0 aliphatic heterocycles. The molecule has 0 heterocycles. The highest BCUT2D eigenvalue weighted by atomic mass is 35.5. The van der Waals surface area contributed by atoms with E-state index in [1.165, 1.54) is 0 Å². The van der Waals surface area contributed by atoms with Crippen molar-refractivity contribution in [3.63, 3.8) is 0 Å². The van der Waals surface area contributed by atoms with Crippen molar-refractivity contribution in [1.29, 1.82) is 0 Å². The Morgan fingerprint density at radius 3 is 2.29 bits per heavy atom. The van der Waals surface area contributed by atoms with Gasteiger partial charge in [0.2, 0.25) is 0 Å². The van der Waals surface area contributed by atoms with Gasteiger partial charge >= 0.3 is 6.18 Å². The molecule has 76 valence electrons. The van der Waals surface area contributed by atoms with E-state index in [9.17, 15) is 18.1 Å². The van der Waals surface area contributed by atoms with E-state index in [1.807, 2.05) is 0 Å². The Morgan fingerprint density at radius 2 is 1.93 bits per heavy atom. The van der Waals surface area contributed by atoms with Crippen LogP contribution in [0.1, 0.15) is 5.56 Å². The molecule has 0 fully saturated rings. The van der Waals surface area contributed by atoms with Gasteiger partial charge in [0.25, 0.3) is 0 Å². The molecule has 1 rings (SSSR count). The second-order valence-electron chi connectivity index (χ2n) is 2.38. The lowest BCUT2D eigenvalue weighted by molar-refractivity contribution is -0.137. The van der Waals surface area contributed by atoms with Crippen LogP contribution in [0.4, 0.5) is 18.9 Å². The number of phenolic OH excluding ortho intramolecular Hbond substituents is 1.